The molecule has 6 heteroatoms. The van der Waals surface area contributed by atoms with Crippen LogP contribution in [0.15, 0.2) is 93.9 Å². The number of hydrogen-bond donors (Lipinski definition) is 2. The molecule has 184 valence electrons. The van der Waals surface area contributed by atoms with E-state index in [0.717, 1.165) is 57.3 Å². The van der Waals surface area contributed by atoms with Gasteiger partial charge in [-0.2, -0.15) is 0 Å². The summed E-state index contributed by atoms with van der Waals surface area (Å²) < 4.78 is 14.1. The maximum Gasteiger partial charge on any atom is 0.124 e. The van der Waals surface area contributed by atoms with Gasteiger partial charge in [-0.15, -0.1) is 0 Å². The van der Waals surface area contributed by atoms with Crippen LogP contribution < -0.4 is 9.47 Å². The fraction of sp³-hybridized carbons (Fsp3) is 0.200. The first-order valence-electron chi connectivity index (χ1n) is 11.9. The van der Waals surface area contributed by atoms with Gasteiger partial charge in [-0.05, 0) is 109 Å². The van der Waals surface area contributed by atoms with Gasteiger partial charge in [-0.1, -0.05) is 56.1 Å². The van der Waals surface area contributed by atoms with Crippen molar-refractivity contribution >= 4 is 31.9 Å². The Bertz CT molecular complexity index is 1270. The molecular formula is C30H26Br2O4. The second kappa shape index (κ2) is 11.0. The summed E-state index contributed by atoms with van der Waals surface area (Å²) in [5.74, 6) is 2.37. The molecule has 0 saturated heterocycles. The van der Waals surface area contributed by atoms with Gasteiger partial charge in [-0.3, -0.25) is 0 Å². The number of phenols is 2. The van der Waals surface area contributed by atoms with Crippen LogP contribution in [0.25, 0.3) is 0 Å². The van der Waals surface area contributed by atoms with E-state index in [0.29, 0.717) is 11.5 Å². The van der Waals surface area contributed by atoms with Crippen molar-refractivity contribution in [1.29, 1.82) is 0 Å². The quantitative estimate of drug-likeness (QED) is 0.239. The average molecular weight is 610 g/mol. The molecule has 6 rings (SSSR count). The minimum atomic E-state index is 0.0968. The number of phenolic OH excluding ortho intramolecular Hbond substituents is 2. The van der Waals surface area contributed by atoms with Crippen molar-refractivity contribution in [3.8, 4) is 23.0 Å². The summed E-state index contributed by atoms with van der Waals surface area (Å²) in [7, 11) is 0. The van der Waals surface area contributed by atoms with Gasteiger partial charge in [0.25, 0.3) is 0 Å². The molecule has 2 aliphatic rings. The van der Waals surface area contributed by atoms with Crippen LogP contribution in [-0.4, -0.2) is 10.2 Å². The molecule has 2 N–H and O–H groups in total. The second-order valence-corrected chi connectivity index (χ2v) is 10.8. The van der Waals surface area contributed by atoms with Crippen molar-refractivity contribution in [2.45, 2.75) is 37.9 Å². The summed E-state index contributed by atoms with van der Waals surface area (Å²) in [6.07, 6.45) is 3.93. The van der Waals surface area contributed by atoms with Crippen molar-refractivity contribution in [3.05, 3.63) is 116 Å². The molecule has 0 spiro atoms. The molecule has 4 aromatic carbocycles. The fourth-order valence-corrected chi connectivity index (χ4v) is 5.47. The highest BCUT2D eigenvalue weighted by Gasteiger charge is 2.22. The Balaban J connectivity index is 0.000000148. The Morgan fingerprint density at radius 2 is 1.03 bits per heavy atom. The molecule has 0 saturated carbocycles. The summed E-state index contributed by atoms with van der Waals surface area (Å²) in [5.41, 5.74) is 4.54. The number of benzene rings is 4. The Labute approximate surface area is 227 Å². The highest BCUT2D eigenvalue weighted by Crippen LogP contribution is 2.38. The number of aromatic hydroxyl groups is 2. The van der Waals surface area contributed by atoms with Crippen LogP contribution in [0.2, 0.25) is 0 Å². The van der Waals surface area contributed by atoms with Gasteiger partial charge < -0.3 is 19.7 Å². The molecule has 0 fully saturated rings. The van der Waals surface area contributed by atoms with E-state index in [2.05, 4.69) is 56.1 Å². The van der Waals surface area contributed by atoms with Crippen molar-refractivity contribution in [2.75, 3.05) is 0 Å². The summed E-state index contributed by atoms with van der Waals surface area (Å²) in [6.45, 7) is 0. The van der Waals surface area contributed by atoms with Crippen LogP contribution in [-0.2, 0) is 12.8 Å². The minimum Gasteiger partial charge on any atom is -0.508 e. The number of fused-ring (bicyclic) bond motifs is 2. The van der Waals surface area contributed by atoms with E-state index in [1.165, 1.54) is 11.1 Å². The van der Waals surface area contributed by atoms with Crippen molar-refractivity contribution < 1.29 is 19.7 Å². The van der Waals surface area contributed by atoms with E-state index in [9.17, 15) is 10.2 Å². The molecule has 2 unspecified atom stereocenters. The Hall–Kier alpha value is -2.96. The summed E-state index contributed by atoms with van der Waals surface area (Å²) in [4.78, 5) is 0. The largest absolute Gasteiger partial charge is 0.508 e. The van der Waals surface area contributed by atoms with Gasteiger partial charge >= 0.3 is 0 Å². The van der Waals surface area contributed by atoms with Gasteiger partial charge in [0, 0.05) is 8.95 Å². The first-order valence-corrected chi connectivity index (χ1v) is 13.5. The summed E-state index contributed by atoms with van der Waals surface area (Å²) in [6, 6.07) is 27.0. The maximum atomic E-state index is 9.45. The fourth-order valence-electron chi connectivity index (χ4n) is 4.63. The van der Waals surface area contributed by atoms with Crippen LogP contribution in [0.4, 0.5) is 0 Å². The van der Waals surface area contributed by atoms with Crippen LogP contribution in [0, 0.1) is 0 Å². The number of ether oxygens (including phenoxy) is 2. The van der Waals surface area contributed by atoms with Crippen molar-refractivity contribution in [3.63, 3.8) is 0 Å². The van der Waals surface area contributed by atoms with E-state index in [4.69, 9.17) is 9.47 Å². The number of rotatable bonds is 2. The van der Waals surface area contributed by atoms with Gasteiger partial charge in [0.15, 0.2) is 0 Å². The Kier molecular flexibility index (Phi) is 7.54. The molecule has 0 radical (unpaired) electrons. The molecule has 4 nitrogen and oxygen atoms in total. The lowest BCUT2D eigenvalue weighted by Crippen LogP contribution is -2.14. The molecule has 0 amide bonds. The average Bonchev–Trinajstić information content (AvgIpc) is 2.88. The normalized spacial score (nSPS) is 17.9. The van der Waals surface area contributed by atoms with Gasteiger partial charge in [0.05, 0.1) is 0 Å². The maximum absolute atomic E-state index is 9.45. The topological polar surface area (TPSA) is 58.9 Å². The predicted molar refractivity (Wildman–Crippen MR) is 148 cm³/mol. The first kappa shape index (κ1) is 24.7. The van der Waals surface area contributed by atoms with Crippen LogP contribution in [0.1, 0.15) is 47.3 Å². The lowest BCUT2D eigenvalue weighted by molar-refractivity contribution is 0.176. The molecule has 2 heterocycles. The second-order valence-electron chi connectivity index (χ2n) is 8.98. The van der Waals surface area contributed by atoms with Crippen LogP contribution >= 0.6 is 31.9 Å². The highest BCUT2D eigenvalue weighted by atomic mass is 79.9. The summed E-state index contributed by atoms with van der Waals surface area (Å²) in [5, 5.41) is 18.9. The van der Waals surface area contributed by atoms with E-state index in [-0.39, 0.29) is 12.2 Å². The molecule has 0 bridgehead atoms. The van der Waals surface area contributed by atoms with E-state index in [1.54, 1.807) is 24.3 Å². The zero-order valence-electron chi connectivity index (χ0n) is 19.5. The Morgan fingerprint density at radius 1 is 0.583 bits per heavy atom. The lowest BCUT2D eigenvalue weighted by Gasteiger charge is -2.26. The van der Waals surface area contributed by atoms with Crippen molar-refractivity contribution in [2.24, 2.45) is 0 Å². The third-order valence-electron chi connectivity index (χ3n) is 6.42. The third-order valence-corrected chi connectivity index (χ3v) is 7.41. The molecule has 0 aromatic heterocycles. The van der Waals surface area contributed by atoms with Gasteiger partial charge in [0.2, 0.25) is 0 Å². The highest BCUT2D eigenvalue weighted by molar-refractivity contribution is 9.10. The lowest BCUT2D eigenvalue weighted by atomic mass is 9.97. The standard InChI is InChI=1S/2C15H13BrO2/c2*16-12-3-1-2-10(8-12)14-6-4-11-9-13(17)5-7-15(11)18-14/h2*1-3,5,7-9,14,17H,4,6H2. The van der Waals surface area contributed by atoms with Gasteiger partial charge in [-0.25, -0.2) is 0 Å². The number of halogens is 2. The molecule has 2 atom stereocenters. The molecule has 2 aliphatic heterocycles. The van der Waals surface area contributed by atoms with E-state index < -0.39 is 0 Å². The smallest absolute Gasteiger partial charge is 0.124 e. The predicted octanol–water partition coefficient (Wildman–Crippen LogP) is 8.44. The monoisotopic (exact) mass is 608 g/mol. The van der Waals surface area contributed by atoms with E-state index >= 15 is 0 Å². The zero-order valence-corrected chi connectivity index (χ0v) is 22.7. The van der Waals surface area contributed by atoms with Crippen LogP contribution in [0.5, 0.6) is 23.0 Å². The first-order chi connectivity index (χ1) is 17.4. The molecular weight excluding hydrogens is 584 g/mol. The third kappa shape index (κ3) is 5.88. The molecule has 36 heavy (non-hydrogen) atoms. The molecule has 4 aromatic rings. The van der Waals surface area contributed by atoms with Crippen molar-refractivity contribution in [1.82, 2.24) is 0 Å². The summed E-state index contributed by atoms with van der Waals surface area (Å²) >= 11 is 6.96. The Morgan fingerprint density at radius 3 is 1.44 bits per heavy atom. The molecule has 0 aliphatic carbocycles. The number of hydrogen-bond acceptors (Lipinski definition) is 4. The minimum absolute atomic E-state index is 0.0968. The van der Waals surface area contributed by atoms with Gasteiger partial charge in [0.1, 0.15) is 35.2 Å². The zero-order chi connectivity index (χ0) is 25.1. The number of aryl methyl sites for hydroxylation is 2. The van der Waals surface area contributed by atoms with Crippen LogP contribution in [0.3, 0.4) is 0 Å². The SMILES string of the molecule is Oc1ccc2c(c1)CCC(c1cccc(Br)c1)O2.Oc1ccc2c(c1)CCC(c1cccc(Br)c1)O2. The van der Waals surface area contributed by atoms with E-state index in [1.807, 2.05) is 36.4 Å².